The molecule has 0 N–H and O–H groups in total. The SMILES string of the molecule is CC(=O)c1cccc(-n2c(=O)c3c4c(sc3n(Cc3ccccc3)c2=O)CN(C(C)=O)CC4)c1. The highest BCUT2D eigenvalue weighted by atomic mass is 32.1. The van der Waals surface area contributed by atoms with Crippen LogP contribution in [0.2, 0.25) is 0 Å². The molecule has 34 heavy (non-hydrogen) atoms. The van der Waals surface area contributed by atoms with Gasteiger partial charge < -0.3 is 4.90 Å². The van der Waals surface area contributed by atoms with Crippen molar-refractivity contribution in [1.29, 1.82) is 0 Å². The van der Waals surface area contributed by atoms with Crippen LogP contribution in [0.5, 0.6) is 0 Å². The number of nitrogens with zero attached hydrogens (tertiary/aromatic N) is 3. The van der Waals surface area contributed by atoms with Gasteiger partial charge in [-0.3, -0.25) is 19.0 Å². The van der Waals surface area contributed by atoms with Gasteiger partial charge in [0.05, 0.1) is 24.2 Å². The Morgan fingerprint density at radius 3 is 2.47 bits per heavy atom. The van der Waals surface area contributed by atoms with Crippen molar-refractivity contribution in [2.75, 3.05) is 6.54 Å². The van der Waals surface area contributed by atoms with Gasteiger partial charge in [-0.2, -0.15) is 0 Å². The normalized spacial score (nSPS) is 13.2. The summed E-state index contributed by atoms with van der Waals surface area (Å²) in [6.07, 6.45) is 0.557. The first kappa shape index (κ1) is 22.0. The molecule has 1 aliphatic rings. The van der Waals surface area contributed by atoms with Crippen LogP contribution >= 0.6 is 11.3 Å². The second-order valence-corrected chi connectivity index (χ2v) is 9.56. The molecule has 0 atom stereocenters. The van der Waals surface area contributed by atoms with Gasteiger partial charge in [0, 0.05) is 23.9 Å². The lowest BCUT2D eigenvalue weighted by Gasteiger charge is -2.25. The predicted octanol–water partition coefficient (Wildman–Crippen LogP) is 3.37. The first-order valence-electron chi connectivity index (χ1n) is 11.1. The fraction of sp³-hybridized carbons (Fsp3) is 0.231. The maximum absolute atomic E-state index is 13.8. The molecule has 0 radical (unpaired) electrons. The zero-order chi connectivity index (χ0) is 24.0. The number of carbonyl (C=O) groups is 2. The summed E-state index contributed by atoms with van der Waals surface area (Å²) in [5.74, 6) is -0.152. The van der Waals surface area contributed by atoms with Gasteiger partial charge in [-0.15, -0.1) is 11.3 Å². The maximum atomic E-state index is 13.8. The monoisotopic (exact) mass is 473 g/mol. The lowest BCUT2D eigenvalue weighted by molar-refractivity contribution is -0.129. The summed E-state index contributed by atoms with van der Waals surface area (Å²) in [5.41, 5.74) is 1.80. The number of benzene rings is 2. The summed E-state index contributed by atoms with van der Waals surface area (Å²) in [6, 6.07) is 16.2. The fourth-order valence-corrected chi connectivity index (χ4v) is 5.82. The number of fused-ring (bicyclic) bond motifs is 3. The number of amides is 1. The lowest BCUT2D eigenvalue weighted by Crippen LogP contribution is -2.39. The summed E-state index contributed by atoms with van der Waals surface area (Å²) >= 11 is 1.41. The van der Waals surface area contributed by atoms with E-state index in [2.05, 4.69) is 0 Å². The minimum absolute atomic E-state index is 0.0109. The summed E-state index contributed by atoms with van der Waals surface area (Å²) in [6.45, 7) is 4.26. The summed E-state index contributed by atoms with van der Waals surface area (Å²) in [5, 5.41) is 0.520. The van der Waals surface area contributed by atoms with Crippen molar-refractivity contribution in [3.05, 3.63) is 97.0 Å². The van der Waals surface area contributed by atoms with Crippen molar-refractivity contribution in [3.8, 4) is 5.69 Å². The Morgan fingerprint density at radius 1 is 1.00 bits per heavy atom. The van der Waals surface area contributed by atoms with E-state index in [9.17, 15) is 19.2 Å². The van der Waals surface area contributed by atoms with Gasteiger partial charge >= 0.3 is 5.69 Å². The number of Topliss-reactive ketones (excluding diaryl/α,β-unsaturated/α-hetero) is 1. The number of carbonyl (C=O) groups excluding carboxylic acids is 2. The molecular weight excluding hydrogens is 450 g/mol. The minimum atomic E-state index is -0.455. The van der Waals surface area contributed by atoms with E-state index in [0.717, 1.165) is 16.0 Å². The van der Waals surface area contributed by atoms with E-state index in [0.29, 0.717) is 47.5 Å². The molecule has 7 nitrogen and oxygen atoms in total. The van der Waals surface area contributed by atoms with Crippen LogP contribution in [0.1, 0.15) is 40.2 Å². The van der Waals surface area contributed by atoms with Gasteiger partial charge in [-0.1, -0.05) is 42.5 Å². The third-order valence-corrected chi connectivity index (χ3v) is 7.50. The molecule has 0 saturated carbocycles. The fourth-order valence-electron chi connectivity index (χ4n) is 4.47. The Hall–Kier alpha value is -3.78. The van der Waals surface area contributed by atoms with E-state index in [1.807, 2.05) is 30.3 Å². The molecule has 4 aromatic rings. The molecule has 8 heteroatoms. The van der Waals surface area contributed by atoms with Gasteiger partial charge in [-0.05, 0) is 36.6 Å². The molecule has 2 aromatic carbocycles. The summed E-state index contributed by atoms with van der Waals surface area (Å²) in [4.78, 5) is 54.8. The van der Waals surface area contributed by atoms with Gasteiger partial charge in [0.25, 0.3) is 5.56 Å². The van der Waals surface area contributed by atoms with Crippen molar-refractivity contribution in [2.45, 2.75) is 33.4 Å². The van der Waals surface area contributed by atoms with Gasteiger partial charge in [0.2, 0.25) is 5.91 Å². The van der Waals surface area contributed by atoms with Crippen LogP contribution in [0.15, 0.2) is 64.2 Å². The van der Waals surface area contributed by atoms with Crippen molar-refractivity contribution in [2.24, 2.45) is 0 Å². The quantitative estimate of drug-likeness (QED) is 0.426. The molecule has 172 valence electrons. The van der Waals surface area contributed by atoms with Crippen LogP contribution < -0.4 is 11.2 Å². The van der Waals surface area contributed by atoms with Crippen LogP contribution in [0, 0.1) is 0 Å². The molecule has 0 unspecified atom stereocenters. The number of ketones is 1. The molecule has 0 spiro atoms. The second kappa shape index (κ2) is 8.53. The third-order valence-electron chi connectivity index (χ3n) is 6.26. The van der Waals surface area contributed by atoms with Crippen LogP contribution in [-0.2, 0) is 24.3 Å². The Morgan fingerprint density at radius 2 is 1.76 bits per heavy atom. The van der Waals surface area contributed by atoms with Crippen LogP contribution in [0.4, 0.5) is 0 Å². The summed E-state index contributed by atoms with van der Waals surface area (Å²) < 4.78 is 2.80. The zero-order valence-corrected chi connectivity index (χ0v) is 19.7. The Bertz CT molecular complexity index is 1560. The van der Waals surface area contributed by atoms with Gasteiger partial charge in [-0.25, -0.2) is 9.36 Å². The average molecular weight is 474 g/mol. The van der Waals surface area contributed by atoms with E-state index >= 15 is 0 Å². The molecule has 0 saturated heterocycles. The van der Waals surface area contributed by atoms with Crippen molar-refractivity contribution in [1.82, 2.24) is 14.0 Å². The van der Waals surface area contributed by atoms with Crippen LogP contribution in [0.25, 0.3) is 15.9 Å². The van der Waals surface area contributed by atoms with E-state index < -0.39 is 11.2 Å². The third kappa shape index (κ3) is 3.70. The molecule has 2 aromatic heterocycles. The largest absolute Gasteiger partial charge is 0.337 e. The Labute approximate surface area is 199 Å². The van der Waals surface area contributed by atoms with Crippen molar-refractivity contribution < 1.29 is 9.59 Å². The molecular formula is C26H23N3O4S. The molecule has 3 heterocycles. The zero-order valence-electron chi connectivity index (χ0n) is 18.9. The first-order valence-corrected chi connectivity index (χ1v) is 11.9. The number of rotatable bonds is 4. The molecule has 0 aliphatic carbocycles. The Kier molecular flexibility index (Phi) is 5.53. The van der Waals surface area contributed by atoms with Crippen LogP contribution in [-0.4, -0.2) is 32.3 Å². The number of aromatic nitrogens is 2. The average Bonchev–Trinajstić information content (AvgIpc) is 3.21. The highest BCUT2D eigenvalue weighted by molar-refractivity contribution is 7.18. The van der Waals surface area contributed by atoms with Crippen molar-refractivity contribution in [3.63, 3.8) is 0 Å². The number of hydrogen-bond acceptors (Lipinski definition) is 5. The standard InChI is InChI=1S/C26H23N3O4S/c1-16(30)19-9-6-10-20(13-19)29-24(32)23-21-11-12-27(17(2)31)15-22(21)34-25(23)28(26(29)33)14-18-7-4-3-5-8-18/h3-10,13H,11-12,14-15H2,1-2H3. The molecule has 1 amide bonds. The summed E-state index contributed by atoms with van der Waals surface area (Å²) in [7, 11) is 0. The minimum Gasteiger partial charge on any atom is -0.337 e. The molecule has 1 aliphatic heterocycles. The van der Waals surface area contributed by atoms with E-state index in [1.54, 1.807) is 40.7 Å². The first-order chi connectivity index (χ1) is 16.3. The van der Waals surface area contributed by atoms with Crippen molar-refractivity contribution >= 4 is 33.2 Å². The highest BCUT2D eigenvalue weighted by Crippen LogP contribution is 2.33. The van der Waals surface area contributed by atoms with Gasteiger partial charge in [0.1, 0.15) is 4.83 Å². The highest BCUT2D eigenvalue weighted by Gasteiger charge is 2.27. The topological polar surface area (TPSA) is 81.4 Å². The lowest BCUT2D eigenvalue weighted by atomic mass is 10.1. The van der Waals surface area contributed by atoms with E-state index in [4.69, 9.17) is 0 Å². The number of thiophene rings is 1. The van der Waals surface area contributed by atoms with E-state index in [-0.39, 0.29) is 11.7 Å². The second-order valence-electron chi connectivity index (χ2n) is 8.48. The molecule has 0 fully saturated rings. The van der Waals surface area contributed by atoms with Gasteiger partial charge in [0.15, 0.2) is 5.78 Å². The molecule has 5 rings (SSSR count). The van der Waals surface area contributed by atoms with E-state index in [1.165, 1.54) is 22.8 Å². The number of hydrogen-bond donors (Lipinski definition) is 0. The predicted molar refractivity (Wildman–Crippen MR) is 132 cm³/mol. The maximum Gasteiger partial charge on any atom is 0.337 e. The Balaban J connectivity index is 1.81. The molecule has 0 bridgehead atoms. The van der Waals surface area contributed by atoms with Crippen LogP contribution in [0.3, 0.4) is 0 Å². The smallest absolute Gasteiger partial charge is 0.337 e.